The van der Waals surface area contributed by atoms with Crippen LogP contribution in [0.3, 0.4) is 0 Å². The minimum atomic E-state index is -0.471. The number of hydrogen-bond acceptors (Lipinski definition) is 6. The van der Waals surface area contributed by atoms with Crippen LogP contribution in [0.25, 0.3) is 10.8 Å². The molecule has 2 aromatic heterocycles. The van der Waals surface area contributed by atoms with Crippen LogP contribution in [-0.4, -0.2) is 60.0 Å². The van der Waals surface area contributed by atoms with E-state index in [4.69, 9.17) is 0 Å². The number of carbonyl (C=O) groups excluding carboxylic acids is 1. The standard InChI is InChI=1S/C23H26FN5O2S/c1-25-22(31)23-26-13-19(32-23)29-9-7-28(8-10-29)16-6-5-14(11-16)18-12-15-3-2-4-17(24)20(15)21(30)27-18/h2-4,12-14,16H,5-11H2,1H3,(H,25,31)(H,27,30)/t14-,16+/m1/s1. The van der Waals surface area contributed by atoms with Crippen LogP contribution in [0.5, 0.6) is 0 Å². The first-order chi connectivity index (χ1) is 15.5. The van der Waals surface area contributed by atoms with E-state index in [1.54, 1.807) is 25.4 Å². The highest BCUT2D eigenvalue weighted by atomic mass is 32.1. The molecule has 1 aromatic carbocycles. The highest BCUT2D eigenvalue weighted by Gasteiger charge is 2.33. The molecule has 2 fully saturated rings. The van der Waals surface area contributed by atoms with E-state index in [-0.39, 0.29) is 22.8 Å². The maximum atomic E-state index is 14.0. The second kappa shape index (κ2) is 8.63. The number of benzene rings is 1. The second-order valence-corrected chi connectivity index (χ2v) is 9.54. The van der Waals surface area contributed by atoms with Gasteiger partial charge >= 0.3 is 0 Å². The Morgan fingerprint density at radius 3 is 2.84 bits per heavy atom. The zero-order chi connectivity index (χ0) is 22.2. The van der Waals surface area contributed by atoms with Gasteiger partial charge in [-0.1, -0.05) is 23.5 Å². The SMILES string of the molecule is CNC(=O)c1ncc(N2CCN([C@H]3CC[C@@H](c4cc5cccc(F)c5c(=O)[nH]4)C3)CC2)s1. The fraction of sp³-hybridized carbons (Fsp3) is 0.435. The van der Waals surface area contributed by atoms with Gasteiger partial charge in [0.2, 0.25) is 0 Å². The van der Waals surface area contributed by atoms with Crippen molar-refractivity contribution in [3.8, 4) is 0 Å². The molecule has 1 aliphatic heterocycles. The van der Waals surface area contributed by atoms with Crippen molar-refractivity contribution in [2.24, 2.45) is 0 Å². The lowest BCUT2D eigenvalue weighted by Gasteiger charge is -2.38. The molecule has 7 nitrogen and oxygen atoms in total. The Hall–Kier alpha value is -2.78. The molecule has 1 saturated heterocycles. The number of piperazine rings is 1. The molecule has 2 atom stereocenters. The summed E-state index contributed by atoms with van der Waals surface area (Å²) in [6, 6.07) is 7.21. The number of anilines is 1. The van der Waals surface area contributed by atoms with E-state index < -0.39 is 5.82 Å². The van der Waals surface area contributed by atoms with Gasteiger partial charge in [0.1, 0.15) is 10.8 Å². The molecule has 168 valence electrons. The molecule has 0 unspecified atom stereocenters. The first-order valence-corrected chi connectivity index (χ1v) is 11.8. The number of rotatable bonds is 4. The zero-order valence-corrected chi connectivity index (χ0v) is 18.8. The molecule has 0 bridgehead atoms. The molecular weight excluding hydrogens is 429 g/mol. The average molecular weight is 456 g/mol. The van der Waals surface area contributed by atoms with E-state index in [1.807, 2.05) is 6.07 Å². The number of nitrogens with one attached hydrogen (secondary N) is 2. The van der Waals surface area contributed by atoms with Gasteiger partial charge in [-0.15, -0.1) is 0 Å². The van der Waals surface area contributed by atoms with Crippen molar-refractivity contribution in [1.29, 1.82) is 0 Å². The van der Waals surface area contributed by atoms with Crippen molar-refractivity contribution in [2.45, 2.75) is 31.2 Å². The van der Waals surface area contributed by atoms with E-state index in [9.17, 15) is 14.0 Å². The van der Waals surface area contributed by atoms with E-state index in [2.05, 4.69) is 25.1 Å². The summed E-state index contributed by atoms with van der Waals surface area (Å²) in [5.41, 5.74) is 0.578. The normalized spacial score (nSPS) is 21.9. The summed E-state index contributed by atoms with van der Waals surface area (Å²) in [5.74, 6) is -0.331. The van der Waals surface area contributed by atoms with Crippen molar-refractivity contribution in [2.75, 3.05) is 38.1 Å². The maximum absolute atomic E-state index is 14.0. The molecule has 32 heavy (non-hydrogen) atoms. The molecule has 3 aromatic rings. The molecule has 1 saturated carbocycles. The number of hydrogen-bond donors (Lipinski definition) is 2. The fourth-order valence-electron chi connectivity index (χ4n) is 5.02. The van der Waals surface area contributed by atoms with Crippen molar-refractivity contribution in [3.05, 3.63) is 57.3 Å². The van der Waals surface area contributed by atoms with Crippen LogP contribution < -0.4 is 15.8 Å². The molecule has 2 aliphatic rings. The van der Waals surface area contributed by atoms with Crippen LogP contribution in [0.15, 0.2) is 35.3 Å². The number of halogens is 1. The van der Waals surface area contributed by atoms with Crippen molar-refractivity contribution in [3.63, 3.8) is 0 Å². The summed E-state index contributed by atoms with van der Waals surface area (Å²) in [6.07, 6.45) is 4.90. The van der Waals surface area contributed by atoms with Gasteiger partial charge in [0, 0.05) is 50.9 Å². The topological polar surface area (TPSA) is 81.3 Å². The summed E-state index contributed by atoms with van der Waals surface area (Å²) >= 11 is 1.43. The minimum absolute atomic E-state index is 0.143. The van der Waals surface area contributed by atoms with Gasteiger partial charge in [0.25, 0.3) is 11.5 Å². The Morgan fingerprint density at radius 2 is 2.06 bits per heavy atom. The molecule has 1 amide bonds. The van der Waals surface area contributed by atoms with Crippen molar-refractivity contribution in [1.82, 2.24) is 20.2 Å². The lowest BCUT2D eigenvalue weighted by molar-refractivity contribution is 0.0962. The number of H-pyrrole nitrogens is 1. The van der Waals surface area contributed by atoms with Gasteiger partial charge in [0.05, 0.1) is 11.6 Å². The van der Waals surface area contributed by atoms with Gasteiger partial charge in [-0.05, 0) is 36.8 Å². The first-order valence-electron chi connectivity index (χ1n) is 11.0. The van der Waals surface area contributed by atoms with Crippen LogP contribution >= 0.6 is 11.3 Å². The summed E-state index contributed by atoms with van der Waals surface area (Å²) in [7, 11) is 1.61. The summed E-state index contributed by atoms with van der Waals surface area (Å²) < 4.78 is 14.0. The number of fused-ring (bicyclic) bond motifs is 1. The predicted molar refractivity (Wildman–Crippen MR) is 124 cm³/mol. The molecule has 0 radical (unpaired) electrons. The fourth-order valence-corrected chi connectivity index (χ4v) is 5.94. The second-order valence-electron chi connectivity index (χ2n) is 8.53. The quantitative estimate of drug-likeness (QED) is 0.632. The van der Waals surface area contributed by atoms with Gasteiger partial charge in [-0.3, -0.25) is 14.5 Å². The third-order valence-corrected chi connectivity index (χ3v) is 7.80. The smallest absolute Gasteiger partial charge is 0.280 e. The largest absolute Gasteiger partial charge is 0.360 e. The molecule has 5 rings (SSSR count). The summed E-state index contributed by atoms with van der Waals surface area (Å²) in [5, 5.41) is 4.96. The van der Waals surface area contributed by atoms with Gasteiger partial charge < -0.3 is 15.2 Å². The minimum Gasteiger partial charge on any atom is -0.360 e. The highest BCUT2D eigenvalue weighted by Crippen LogP contribution is 2.37. The Bertz CT molecular complexity index is 1200. The molecule has 3 heterocycles. The molecule has 1 aliphatic carbocycles. The van der Waals surface area contributed by atoms with Crippen LogP contribution in [0, 0.1) is 5.82 Å². The van der Waals surface area contributed by atoms with Crippen LogP contribution in [0.2, 0.25) is 0 Å². The monoisotopic (exact) mass is 455 g/mol. The Labute approximate surface area is 189 Å². The van der Waals surface area contributed by atoms with E-state index >= 15 is 0 Å². The number of amides is 1. The van der Waals surface area contributed by atoms with E-state index in [1.165, 1.54) is 17.4 Å². The third kappa shape index (κ3) is 3.91. The Kier molecular flexibility index (Phi) is 5.69. The number of aromatic nitrogens is 2. The number of carbonyl (C=O) groups is 1. The van der Waals surface area contributed by atoms with Crippen molar-refractivity contribution >= 4 is 33.0 Å². The van der Waals surface area contributed by atoms with E-state index in [0.29, 0.717) is 16.4 Å². The lowest BCUT2D eigenvalue weighted by Crippen LogP contribution is -2.49. The number of aromatic amines is 1. The van der Waals surface area contributed by atoms with Gasteiger partial charge in [-0.25, -0.2) is 9.37 Å². The number of thiazole rings is 1. The Balaban J connectivity index is 1.22. The van der Waals surface area contributed by atoms with Gasteiger partial charge in [0.15, 0.2) is 5.01 Å². The zero-order valence-electron chi connectivity index (χ0n) is 17.9. The lowest BCUT2D eigenvalue weighted by atomic mass is 10.00. The number of pyridine rings is 1. The maximum Gasteiger partial charge on any atom is 0.280 e. The average Bonchev–Trinajstić information content (AvgIpc) is 3.49. The molecule has 0 spiro atoms. The first kappa shape index (κ1) is 21.1. The van der Waals surface area contributed by atoms with Crippen molar-refractivity contribution < 1.29 is 9.18 Å². The predicted octanol–water partition coefficient (Wildman–Crippen LogP) is 2.94. The molecule has 2 N–H and O–H groups in total. The van der Waals surface area contributed by atoms with Crippen LogP contribution in [0.4, 0.5) is 9.39 Å². The van der Waals surface area contributed by atoms with Crippen LogP contribution in [-0.2, 0) is 0 Å². The van der Waals surface area contributed by atoms with Gasteiger partial charge in [-0.2, -0.15) is 0 Å². The summed E-state index contributed by atoms with van der Waals surface area (Å²) in [6.45, 7) is 3.74. The third-order valence-electron chi connectivity index (χ3n) is 6.74. The summed E-state index contributed by atoms with van der Waals surface area (Å²) in [4.78, 5) is 36.2. The Morgan fingerprint density at radius 1 is 1.25 bits per heavy atom. The van der Waals surface area contributed by atoms with Crippen LogP contribution in [0.1, 0.15) is 40.7 Å². The highest BCUT2D eigenvalue weighted by molar-refractivity contribution is 7.17. The molecular formula is C23H26FN5O2S. The number of nitrogens with zero attached hydrogens (tertiary/aromatic N) is 3. The van der Waals surface area contributed by atoms with E-state index in [0.717, 1.165) is 56.1 Å². The molecule has 9 heteroatoms.